The topological polar surface area (TPSA) is 57.6 Å². The van der Waals surface area contributed by atoms with E-state index in [1.807, 2.05) is 24.3 Å². The molecule has 1 amide bonds. The Balaban J connectivity index is 1.85. The first-order chi connectivity index (χ1) is 9.66. The van der Waals surface area contributed by atoms with Gasteiger partial charge in [0.15, 0.2) is 0 Å². The SMILES string of the molecule is O=C(O)C1CCCN1C(=O)C1=Cc2ccccc2CC1. The minimum Gasteiger partial charge on any atom is -0.480 e. The quantitative estimate of drug-likeness (QED) is 0.896. The number of carbonyl (C=O) groups excluding carboxylic acids is 1. The molecule has 1 heterocycles. The standard InChI is InChI=1S/C16H17NO3/c18-15(17-9-3-6-14(17)16(19)20)13-8-7-11-4-1-2-5-12(11)10-13/h1-2,4-5,10,14H,3,6-9H2,(H,19,20). The van der Waals surface area contributed by atoms with Crippen molar-refractivity contribution in [3.8, 4) is 0 Å². The van der Waals surface area contributed by atoms with Crippen LogP contribution in [0.2, 0.25) is 0 Å². The van der Waals surface area contributed by atoms with Gasteiger partial charge in [0.05, 0.1) is 0 Å². The predicted octanol–water partition coefficient (Wildman–Crippen LogP) is 2.09. The van der Waals surface area contributed by atoms with E-state index in [9.17, 15) is 14.7 Å². The van der Waals surface area contributed by atoms with E-state index in [4.69, 9.17) is 0 Å². The number of aliphatic carboxylic acids is 1. The molecule has 1 saturated heterocycles. The molecule has 3 rings (SSSR count). The average Bonchev–Trinajstić information content (AvgIpc) is 2.95. The van der Waals surface area contributed by atoms with Crippen LogP contribution >= 0.6 is 0 Å². The van der Waals surface area contributed by atoms with Gasteiger partial charge in [0.1, 0.15) is 6.04 Å². The van der Waals surface area contributed by atoms with Crippen molar-refractivity contribution in [2.24, 2.45) is 0 Å². The molecule has 1 aromatic rings. The molecule has 2 aliphatic rings. The van der Waals surface area contributed by atoms with Gasteiger partial charge in [-0.15, -0.1) is 0 Å². The summed E-state index contributed by atoms with van der Waals surface area (Å²) < 4.78 is 0. The smallest absolute Gasteiger partial charge is 0.326 e. The number of amides is 1. The van der Waals surface area contributed by atoms with Crippen molar-refractivity contribution in [3.63, 3.8) is 0 Å². The lowest BCUT2D eigenvalue weighted by Crippen LogP contribution is -2.41. The monoisotopic (exact) mass is 271 g/mol. The van der Waals surface area contributed by atoms with Crippen molar-refractivity contribution in [1.29, 1.82) is 0 Å². The Hall–Kier alpha value is -2.10. The van der Waals surface area contributed by atoms with Crippen LogP contribution < -0.4 is 0 Å². The van der Waals surface area contributed by atoms with Crippen molar-refractivity contribution in [2.75, 3.05) is 6.54 Å². The summed E-state index contributed by atoms with van der Waals surface area (Å²) in [6.07, 6.45) is 4.79. The molecule has 1 aliphatic heterocycles. The highest BCUT2D eigenvalue weighted by atomic mass is 16.4. The maximum atomic E-state index is 12.5. The fourth-order valence-electron chi connectivity index (χ4n) is 3.05. The highest BCUT2D eigenvalue weighted by Gasteiger charge is 2.35. The molecule has 4 nitrogen and oxygen atoms in total. The molecule has 4 heteroatoms. The van der Waals surface area contributed by atoms with Gasteiger partial charge in [0, 0.05) is 12.1 Å². The number of rotatable bonds is 2. The number of carboxylic acids is 1. The molecule has 1 aliphatic carbocycles. The second kappa shape index (κ2) is 5.12. The van der Waals surface area contributed by atoms with Crippen LogP contribution in [-0.4, -0.2) is 34.5 Å². The van der Waals surface area contributed by atoms with Gasteiger partial charge in [-0.3, -0.25) is 4.79 Å². The molecule has 1 aromatic carbocycles. The minimum absolute atomic E-state index is 0.107. The number of hydrogen-bond acceptors (Lipinski definition) is 2. The summed E-state index contributed by atoms with van der Waals surface area (Å²) >= 11 is 0. The van der Waals surface area contributed by atoms with E-state index in [1.165, 1.54) is 10.5 Å². The lowest BCUT2D eigenvalue weighted by atomic mass is 9.91. The second-order valence-electron chi connectivity index (χ2n) is 5.36. The molecule has 1 fully saturated rings. The lowest BCUT2D eigenvalue weighted by molar-refractivity contribution is -0.146. The Labute approximate surface area is 117 Å². The van der Waals surface area contributed by atoms with Gasteiger partial charge in [-0.25, -0.2) is 4.79 Å². The minimum atomic E-state index is -0.896. The maximum absolute atomic E-state index is 12.5. The zero-order chi connectivity index (χ0) is 14.1. The molecule has 0 radical (unpaired) electrons. The molecule has 0 aromatic heterocycles. The van der Waals surface area contributed by atoms with Gasteiger partial charge in [0.2, 0.25) is 0 Å². The van der Waals surface area contributed by atoms with Gasteiger partial charge >= 0.3 is 5.97 Å². The van der Waals surface area contributed by atoms with Crippen LogP contribution in [0.4, 0.5) is 0 Å². The van der Waals surface area contributed by atoms with Crippen LogP contribution in [0.3, 0.4) is 0 Å². The van der Waals surface area contributed by atoms with E-state index < -0.39 is 12.0 Å². The summed E-state index contributed by atoms with van der Waals surface area (Å²) in [5.74, 6) is -1.00. The number of carbonyl (C=O) groups is 2. The van der Waals surface area contributed by atoms with Crippen molar-refractivity contribution in [3.05, 3.63) is 41.0 Å². The van der Waals surface area contributed by atoms with Crippen molar-refractivity contribution in [1.82, 2.24) is 4.90 Å². The summed E-state index contributed by atoms with van der Waals surface area (Å²) in [5, 5.41) is 9.18. The summed E-state index contributed by atoms with van der Waals surface area (Å²) in [6, 6.07) is 7.38. The Morgan fingerprint density at radius 1 is 1.20 bits per heavy atom. The number of benzene rings is 1. The van der Waals surface area contributed by atoms with E-state index in [0.29, 0.717) is 19.4 Å². The maximum Gasteiger partial charge on any atom is 0.326 e. The number of hydrogen-bond donors (Lipinski definition) is 1. The van der Waals surface area contributed by atoms with E-state index in [0.717, 1.165) is 24.0 Å². The van der Waals surface area contributed by atoms with E-state index >= 15 is 0 Å². The third-order valence-corrected chi connectivity index (χ3v) is 4.12. The molecule has 20 heavy (non-hydrogen) atoms. The van der Waals surface area contributed by atoms with Crippen LogP contribution in [0.25, 0.3) is 6.08 Å². The third-order valence-electron chi connectivity index (χ3n) is 4.12. The van der Waals surface area contributed by atoms with Gasteiger partial charge in [-0.05, 0) is 42.9 Å². The first-order valence-corrected chi connectivity index (χ1v) is 6.99. The van der Waals surface area contributed by atoms with E-state index in [1.54, 1.807) is 0 Å². The Morgan fingerprint density at radius 3 is 2.80 bits per heavy atom. The van der Waals surface area contributed by atoms with Crippen molar-refractivity contribution >= 4 is 18.0 Å². The number of fused-ring (bicyclic) bond motifs is 1. The Bertz CT molecular complexity index is 591. The number of likely N-dealkylation sites (tertiary alicyclic amines) is 1. The fourth-order valence-corrected chi connectivity index (χ4v) is 3.05. The first kappa shape index (κ1) is 12.9. The van der Waals surface area contributed by atoms with E-state index in [-0.39, 0.29) is 5.91 Å². The molecular weight excluding hydrogens is 254 g/mol. The number of nitrogens with zero attached hydrogens (tertiary/aromatic N) is 1. The normalized spacial score (nSPS) is 21.3. The average molecular weight is 271 g/mol. The van der Waals surface area contributed by atoms with Gasteiger partial charge in [-0.1, -0.05) is 24.3 Å². The Kier molecular flexibility index (Phi) is 3.30. The summed E-state index contributed by atoms with van der Waals surface area (Å²) in [6.45, 7) is 0.550. The number of aryl methyl sites for hydroxylation is 1. The van der Waals surface area contributed by atoms with Crippen LogP contribution in [0, 0.1) is 0 Å². The lowest BCUT2D eigenvalue weighted by Gasteiger charge is -2.24. The zero-order valence-electron chi connectivity index (χ0n) is 11.2. The van der Waals surface area contributed by atoms with Crippen LogP contribution in [0.5, 0.6) is 0 Å². The molecule has 1 atom stereocenters. The van der Waals surface area contributed by atoms with Crippen molar-refractivity contribution in [2.45, 2.75) is 31.7 Å². The summed E-state index contributed by atoms with van der Waals surface area (Å²) in [4.78, 5) is 25.2. The van der Waals surface area contributed by atoms with Crippen LogP contribution in [-0.2, 0) is 16.0 Å². The highest BCUT2D eigenvalue weighted by molar-refractivity contribution is 6.00. The molecule has 1 N–H and O–H groups in total. The van der Waals surface area contributed by atoms with E-state index in [2.05, 4.69) is 6.07 Å². The largest absolute Gasteiger partial charge is 0.480 e. The van der Waals surface area contributed by atoms with Gasteiger partial charge in [0.25, 0.3) is 5.91 Å². The number of carboxylic acid groups (broad SMARTS) is 1. The summed E-state index contributed by atoms with van der Waals surface area (Å²) in [5.41, 5.74) is 3.06. The molecule has 1 unspecified atom stereocenters. The molecule has 104 valence electrons. The third kappa shape index (κ3) is 2.22. The zero-order valence-corrected chi connectivity index (χ0v) is 11.2. The predicted molar refractivity (Wildman–Crippen MR) is 75.1 cm³/mol. The molecule has 0 saturated carbocycles. The van der Waals surface area contributed by atoms with Gasteiger partial charge < -0.3 is 10.0 Å². The fraction of sp³-hybridized carbons (Fsp3) is 0.375. The van der Waals surface area contributed by atoms with Gasteiger partial charge in [-0.2, -0.15) is 0 Å². The molecule has 0 bridgehead atoms. The second-order valence-corrected chi connectivity index (χ2v) is 5.36. The molecular formula is C16H17NO3. The van der Waals surface area contributed by atoms with Crippen LogP contribution in [0.1, 0.15) is 30.4 Å². The first-order valence-electron chi connectivity index (χ1n) is 6.99. The molecule has 0 spiro atoms. The van der Waals surface area contributed by atoms with Crippen LogP contribution in [0.15, 0.2) is 29.8 Å². The van der Waals surface area contributed by atoms with Crippen molar-refractivity contribution < 1.29 is 14.7 Å². The highest BCUT2D eigenvalue weighted by Crippen LogP contribution is 2.27. The Morgan fingerprint density at radius 2 is 2.00 bits per heavy atom. The summed E-state index contributed by atoms with van der Waals surface area (Å²) in [7, 11) is 0.